The van der Waals surface area contributed by atoms with Crippen molar-refractivity contribution >= 4 is 39.2 Å². The number of aliphatic carboxylic acids is 1. The summed E-state index contributed by atoms with van der Waals surface area (Å²) >= 11 is 3.23. The number of carboxylic acids is 1. The maximum Gasteiger partial charge on any atom is 0.303 e. The van der Waals surface area contributed by atoms with Gasteiger partial charge in [-0.25, -0.2) is 0 Å². The molecule has 7 nitrogen and oxygen atoms in total. The van der Waals surface area contributed by atoms with Crippen LogP contribution >= 0.6 is 15.9 Å². The number of hydrogen-bond acceptors (Lipinski definition) is 4. The molecule has 1 aromatic rings. The maximum absolute atomic E-state index is 12.1. The molecule has 0 aromatic heterocycles. The number of nitro benzene ring substituents is 1. The molecule has 1 amide bonds. The summed E-state index contributed by atoms with van der Waals surface area (Å²) in [5.74, 6) is -1.24. The van der Waals surface area contributed by atoms with E-state index in [-0.39, 0.29) is 30.9 Å². The molecule has 0 saturated heterocycles. The molecule has 1 heterocycles. The fourth-order valence-electron chi connectivity index (χ4n) is 2.40. The van der Waals surface area contributed by atoms with Crippen LogP contribution in [0.4, 0.5) is 11.4 Å². The predicted molar refractivity (Wildman–Crippen MR) is 78.3 cm³/mol. The lowest BCUT2D eigenvalue weighted by Gasteiger charge is -2.17. The van der Waals surface area contributed by atoms with Gasteiger partial charge in [-0.1, -0.05) is 15.9 Å². The van der Waals surface area contributed by atoms with Gasteiger partial charge in [0.1, 0.15) is 5.69 Å². The summed E-state index contributed by atoms with van der Waals surface area (Å²) in [5.41, 5.74) is 0.981. The number of carbonyl (C=O) groups is 2. The lowest BCUT2D eigenvalue weighted by Crippen LogP contribution is -2.29. The van der Waals surface area contributed by atoms with E-state index in [1.807, 2.05) is 0 Å². The molecular formula is C13H13BrN2O5. The van der Waals surface area contributed by atoms with E-state index >= 15 is 0 Å². The van der Waals surface area contributed by atoms with Gasteiger partial charge < -0.3 is 10.0 Å². The minimum absolute atomic E-state index is 0.0684. The minimum atomic E-state index is -0.959. The summed E-state index contributed by atoms with van der Waals surface area (Å²) in [6, 6.07) is 3.15. The summed E-state index contributed by atoms with van der Waals surface area (Å²) in [6.07, 6.45) is 0.762. The van der Waals surface area contributed by atoms with Crippen molar-refractivity contribution in [1.82, 2.24) is 0 Å². The number of hydrogen-bond donors (Lipinski definition) is 1. The quantitative estimate of drug-likeness (QED) is 0.645. The van der Waals surface area contributed by atoms with E-state index < -0.39 is 10.9 Å². The molecule has 1 aliphatic rings. The first-order valence-electron chi connectivity index (χ1n) is 6.39. The molecule has 0 radical (unpaired) electrons. The van der Waals surface area contributed by atoms with Crippen molar-refractivity contribution in [3.63, 3.8) is 0 Å². The molecule has 21 heavy (non-hydrogen) atoms. The first-order valence-corrected chi connectivity index (χ1v) is 7.18. The number of halogens is 1. The van der Waals surface area contributed by atoms with Gasteiger partial charge in [0.05, 0.1) is 4.92 Å². The van der Waals surface area contributed by atoms with Crippen LogP contribution in [0.2, 0.25) is 0 Å². The van der Waals surface area contributed by atoms with Crippen LogP contribution in [-0.2, 0) is 16.0 Å². The van der Waals surface area contributed by atoms with E-state index in [2.05, 4.69) is 15.9 Å². The second-order valence-corrected chi connectivity index (χ2v) is 5.65. The van der Waals surface area contributed by atoms with Gasteiger partial charge in [0.15, 0.2) is 0 Å². The second-order valence-electron chi connectivity index (χ2n) is 4.73. The molecule has 0 bridgehead atoms. The van der Waals surface area contributed by atoms with Gasteiger partial charge in [0.2, 0.25) is 5.91 Å². The molecule has 0 unspecified atom stereocenters. The largest absolute Gasteiger partial charge is 0.481 e. The Morgan fingerprint density at radius 1 is 1.38 bits per heavy atom. The van der Waals surface area contributed by atoms with Crippen molar-refractivity contribution in [3.8, 4) is 0 Å². The van der Waals surface area contributed by atoms with Crippen molar-refractivity contribution in [2.45, 2.75) is 25.7 Å². The Labute approximate surface area is 128 Å². The summed E-state index contributed by atoms with van der Waals surface area (Å²) < 4.78 is 0.605. The molecule has 112 valence electrons. The van der Waals surface area contributed by atoms with E-state index in [4.69, 9.17) is 5.11 Å². The van der Waals surface area contributed by atoms with Crippen molar-refractivity contribution in [3.05, 3.63) is 32.3 Å². The summed E-state index contributed by atoms with van der Waals surface area (Å²) in [7, 11) is 0. The van der Waals surface area contributed by atoms with E-state index in [1.54, 1.807) is 6.07 Å². The van der Waals surface area contributed by atoms with Crippen molar-refractivity contribution in [1.29, 1.82) is 0 Å². The third kappa shape index (κ3) is 3.38. The molecule has 0 atom stereocenters. The van der Waals surface area contributed by atoms with Crippen molar-refractivity contribution in [2.24, 2.45) is 0 Å². The number of amides is 1. The molecule has 0 spiro atoms. The third-order valence-corrected chi connectivity index (χ3v) is 3.75. The molecule has 1 aliphatic heterocycles. The monoisotopic (exact) mass is 356 g/mol. The summed E-state index contributed by atoms with van der Waals surface area (Å²) in [5, 5.41) is 19.7. The minimum Gasteiger partial charge on any atom is -0.481 e. The van der Waals surface area contributed by atoms with Gasteiger partial charge >= 0.3 is 5.97 Å². The van der Waals surface area contributed by atoms with Crippen molar-refractivity contribution < 1.29 is 19.6 Å². The lowest BCUT2D eigenvalue weighted by atomic mass is 10.1. The number of benzene rings is 1. The Morgan fingerprint density at radius 2 is 2.10 bits per heavy atom. The highest BCUT2D eigenvalue weighted by Crippen LogP contribution is 2.39. The highest BCUT2D eigenvalue weighted by molar-refractivity contribution is 9.10. The van der Waals surface area contributed by atoms with Crippen LogP contribution in [0.5, 0.6) is 0 Å². The molecule has 2 rings (SSSR count). The fourth-order valence-corrected chi connectivity index (χ4v) is 2.89. The number of carbonyl (C=O) groups excluding carboxylic acids is 1. The number of fused-ring (bicyclic) bond motifs is 1. The zero-order valence-electron chi connectivity index (χ0n) is 11.0. The normalized spacial score (nSPS) is 13.1. The van der Waals surface area contributed by atoms with Crippen LogP contribution in [0, 0.1) is 10.1 Å². The summed E-state index contributed by atoms with van der Waals surface area (Å²) in [4.78, 5) is 34.6. The smallest absolute Gasteiger partial charge is 0.303 e. The Bertz CT molecular complexity index is 617. The van der Waals surface area contributed by atoms with Gasteiger partial charge in [-0.3, -0.25) is 19.7 Å². The van der Waals surface area contributed by atoms with Crippen LogP contribution < -0.4 is 4.90 Å². The van der Waals surface area contributed by atoms with Crippen LogP contribution in [0.25, 0.3) is 0 Å². The molecule has 1 aromatic carbocycles. The number of nitrogens with zero attached hydrogens (tertiary/aromatic N) is 2. The zero-order valence-corrected chi connectivity index (χ0v) is 12.6. The molecule has 0 fully saturated rings. The van der Waals surface area contributed by atoms with Gasteiger partial charge in [-0.15, -0.1) is 0 Å². The molecule has 8 heteroatoms. The predicted octanol–water partition coefficient (Wildman–Crippen LogP) is 2.50. The van der Waals surface area contributed by atoms with E-state index in [0.717, 1.165) is 5.56 Å². The average Bonchev–Trinajstić information content (AvgIpc) is 2.80. The fraction of sp³-hybridized carbons (Fsp3) is 0.385. The second kappa shape index (κ2) is 6.21. The molecule has 0 saturated carbocycles. The number of anilines is 1. The zero-order chi connectivity index (χ0) is 15.6. The number of rotatable bonds is 5. The Kier molecular flexibility index (Phi) is 4.56. The Hall–Kier alpha value is -1.96. The molecule has 1 N–H and O–H groups in total. The van der Waals surface area contributed by atoms with Gasteiger partial charge in [-0.2, -0.15) is 0 Å². The van der Waals surface area contributed by atoms with Gasteiger partial charge in [-0.05, 0) is 24.5 Å². The summed E-state index contributed by atoms with van der Waals surface area (Å²) in [6.45, 7) is 0.387. The van der Waals surface area contributed by atoms with E-state index in [1.165, 1.54) is 11.0 Å². The average molecular weight is 357 g/mol. The maximum atomic E-state index is 12.1. The Balaban J connectivity index is 2.22. The Morgan fingerprint density at radius 3 is 2.71 bits per heavy atom. The van der Waals surface area contributed by atoms with Crippen LogP contribution in [0.3, 0.4) is 0 Å². The SMILES string of the molecule is O=C(O)CCCC(=O)N1CCc2cc(Br)cc([N+](=O)[O-])c21. The number of carboxylic acid groups (broad SMARTS) is 1. The van der Waals surface area contributed by atoms with Gasteiger partial charge in [0, 0.05) is 29.9 Å². The lowest BCUT2D eigenvalue weighted by molar-refractivity contribution is -0.384. The first-order chi connectivity index (χ1) is 9.90. The topological polar surface area (TPSA) is 101 Å². The first kappa shape index (κ1) is 15.4. The standard InChI is InChI=1S/C13H13BrN2O5/c14-9-6-8-4-5-15(11(17)2-1-3-12(18)19)13(8)10(7-9)16(20)21/h6-7H,1-5H2,(H,18,19). The van der Waals surface area contributed by atoms with Crippen molar-refractivity contribution in [2.75, 3.05) is 11.4 Å². The van der Waals surface area contributed by atoms with Crippen LogP contribution in [0.1, 0.15) is 24.8 Å². The number of nitro groups is 1. The third-order valence-electron chi connectivity index (χ3n) is 3.29. The van der Waals surface area contributed by atoms with E-state index in [9.17, 15) is 19.7 Å². The van der Waals surface area contributed by atoms with Gasteiger partial charge in [0.25, 0.3) is 5.69 Å². The molecular weight excluding hydrogens is 344 g/mol. The van der Waals surface area contributed by atoms with E-state index in [0.29, 0.717) is 23.1 Å². The molecule has 0 aliphatic carbocycles. The van der Waals surface area contributed by atoms with Crippen LogP contribution in [-0.4, -0.2) is 28.5 Å². The van der Waals surface area contributed by atoms with Crippen LogP contribution in [0.15, 0.2) is 16.6 Å². The highest BCUT2D eigenvalue weighted by Gasteiger charge is 2.32. The highest BCUT2D eigenvalue weighted by atomic mass is 79.9.